The summed E-state index contributed by atoms with van der Waals surface area (Å²) in [5.41, 5.74) is 0. The van der Waals surface area contributed by atoms with Crippen LogP contribution >= 0.6 is 0 Å². The smallest absolute Gasteiger partial charge is 0.305 e. The maximum absolute atomic E-state index is 12.8. The summed E-state index contributed by atoms with van der Waals surface area (Å²) in [6.07, 6.45) is 44.3. The predicted octanol–water partition coefficient (Wildman–Crippen LogP) is 15.1. The minimum Gasteiger partial charge on any atom is -0.465 e. The molecule has 1 aliphatic rings. The molecule has 0 amide bonds. The highest BCUT2D eigenvalue weighted by Crippen LogP contribution is 2.28. The van der Waals surface area contributed by atoms with Gasteiger partial charge in [0, 0.05) is 32.0 Å². The average molecular weight is 820 g/mol. The van der Waals surface area contributed by atoms with Crippen LogP contribution in [0, 0.1) is 17.8 Å². The normalized spacial score (nSPS) is 14.7. The van der Waals surface area contributed by atoms with E-state index in [-0.39, 0.29) is 18.5 Å². The second kappa shape index (κ2) is 41.2. The summed E-state index contributed by atoms with van der Waals surface area (Å²) in [6, 6.07) is 0.632. The Kier molecular flexibility index (Phi) is 39.0. The van der Waals surface area contributed by atoms with Gasteiger partial charge < -0.3 is 14.6 Å². The Morgan fingerprint density at radius 1 is 0.483 bits per heavy atom. The molecule has 0 radical (unpaired) electrons. The summed E-state index contributed by atoms with van der Waals surface area (Å²) >= 11 is 0. The van der Waals surface area contributed by atoms with Gasteiger partial charge in [0.1, 0.15) is 0 Å². The van der Waals surface area contributed by atoms with Crippen molar-refractivity contribution in [3.8, 4) is 0 Å². The van der Waals surface area contributed by atoms with Crippen molar-refractivity contribution in [1.29, 1.82) is 0 Å². The molecule has 2 unspecified atom stereocenters. The summed E-state index contributed by atoms with van der Waals surface area (Å²) in [6.45, 7) is 12.4. The fourth-order valence-electron chi connectivity index (χ4n) is 9.05. The molecular formula is C52H101NO5. The number of rotatable bonds is 45. The fourth-order valence-corrected chi connectivity index (χ4v) is 9.05. The number of carbonyl (C=O) groups is 2. The van der Waals surface area contributed by atoms with Gasteiger partial charge in [-0.2, -0.15) is 0 Å². The van der Waals surface area contributed by atoms with Crippen LogP contribution in [0.25, 0.3) is 0 Å². The van der Waals surface area contributed by atoms with Crippen LogP contribution in [-0.2, 0) is 19.1 Å². The van der Waals surface area contributed by atoms with E-state index in [0.717, 1.165) is 51.6 Å². The zero-order chi connectivity index (χ0) is 42.2. The predicted molar refractivity (Wildman–Crippen MR) is 248 cm³/mol. The molecule has 0 aromatic heterocycles. The number of ether oxygens (including phenoxy) is 2. The maximum Gasteiger partial charge on any atom is 0.305 e. The van der Waals surface area contributed by atoms with Crippen LogP contribution < -0.4 is 0 Å². The average Bonchev–Trinajstić information content (AvgIpc) is 3.20. The molecule has 1 saturated carbocycles. The van der Waals surface area contributed by atoms with E-state index in [9.17, 15) is 14.7 Å². The third kappa shape index (κ3) is 32.6. The zero-order valence-electron chi connectivity index (χ0n) is 39.5. The second-order valence-electron chi connectivity index (χ2n) is 18.8. The highest BCUT2D eigenvalue weighted by atomic mass is 16.5. The van der Waals surface area contributed by atoms with Gasteiger partial charge in [-0.05, 0) is 82.0 Å². The molecule has 2 atom stereocenters. The summed E-state index contributed by atoms with van der Waals surface area (Å²) in [4.78, 5) is 28.1. The number of hydrogen-bond donors (Lipinski definition) is 1. The topological polar surface area (TPSA) is 76.1 Å². The summed E-state index contributed by atoms with van der Waals surface area (Å²) in [5.74, 6) is 1.63. The van der Waals surface area contributed by atoms with Gasteiger partial charge in [-0.1, -0.05) is 188 Å². The maximum atomic E-state index is 12.8. The highest BCUT2D eigenvalue weighted by Gasteiger charge is 2.26. The molecule has 58 heavy (non-hydrogen) atoms. The van der Waals surface area contributed by atoms with Gasteiger partial charge in [0.15, 0.2) is 0 Å². The van der Waals surface area contributed by atoms with Crippen LogP contribution in [0.1, 0.15) is 265 Å². The van der Waals surface area contributed by atoms with E-state index in [1.165, 1.54) is 186 Å². The molecule has 0 bridgehead atoms. The number of hydrogen-bond acceptors (Lipinski definition) is 6. The molecule has 1 fully saturated rings. The van der Waals surface area contributed by atoms with Gasteiger partial charge in [-0.25, -0.2) is 0 Å². The lowest BCUT2D eigenvalue weighted by atomic mass is 9.88. The first-order valence-electron chi connectivity index (χ1n) is 26.1. The van der Waals surface area contributed by atoms with Gasteiger partial charge in [0.25, 0.3) is 0 Å². The Balaban J connectivity index is 2.46. The number of esters is 2. The Labute approximate surface area is 361 Å². The first-order valence-corrected chi connectivity index (χ1v) is 26.1. The SMILES string of the molecule is CCCCCCCCC(CCCCCC)COC(=O)CCCCCC(CCCCCC(=O)OCC(CCCCCC)CCCCCCCC)CN(CCO)C1CCC1. The molecule has 0 aromatic carbocycles. The summed E-state index contributed by atoms with van der Waals surface area (Å²) < 4.78 is 11.8. The van der Waals surface area contributed by atoms with Crippen molar-refractivity contribution in [3.05, 3.63) is 0 Å². The fraction of sp³-hybridized carbons (Fsp3) is 0.962. The van der Waals surface area contributed by atoms with E-state index in [2.05, 4.69) is 32.6 Å². The lowest BCUT2D eigenvalue weighted by Crippen LogP contribution is -2.44. The molecule has 6 nitrogen and oxygen atoms in total. The van der Waals surface area contributed by atoms with E-state index < -0.39 is 0 Å². The van der Waals surface area contributed by atoms with E-state index in [1.807, 2.05) is 0 Å². The van der Waals surface area contributed by atoms with Gasteiger partial charge >= 0.3 is 11.9 Å². The highest BCUT2D eigenvalue weighted by molar-refractivity contribution is 5.69. The molecule has 6 heteroatoms. The van der Waals surface area contributed by atoms with Gasteiger partial charge in [-0.15, -0.1) is 0 Å². The molecule has 0 heterocycles. The van der Waals surface area contributed by atoms with Gasteiger partial charge in [0.05, 0.1) is 19.8 Å². The van der Waals surface area contributed by atoms with Crippen molar-refractivity contribution in [2.45, 2.75) is 271 Å². The zero-order valence-corrected chi connectivity index (χ0v) is 39.5. The van der Waals surface area contributed by atoms with E-state index in [1.54, 1.807) is 0 Å². The number of carbonyl (C=O) groups excluding carboxylic acids is 2. The largest absolute Gasteiger partial charge is 0.465 e. The first-order chi connectivity index (χ1) is 28.5. The third-order valence-corrected chi connectivity index (χ3v) is 13.3. The third-order valence-electron chi connectivity index (χ3n) is 13.3. The van der Waals surface area contributed by atoms with E-state index in [4.69, 9.17) is 9.47 Å². The molecule has 1 N–H and O–H groups in total. The summed E-state index contributed by atoms with van der Waals surface area (Å²) in [7, 11) is 0. The molecular weight excluding hydrogens is 719 g/mol. The lowest BCUT2D eigenvalue weighted by molar-refractivity contribution is -0.146. The van der Waals surface area contributed by atoms with Crippen molar-refractivity contribution >= 4 is 11.9 Å². The Hall–Kier alpha value is -1.14. The van der Waals surface area contributed by atoms with Crippen LogP contribution in [-0.4, -0.2) is 60.9 Å². The van der Waals surface area contributed by atoms with Crippen molar-refractivity contribution in [1.82, 2.24) is 4.90 Å². The molecule has 344 valence electrons. The standard InChI is InChI=1S/C52H101NO5/c1-5-9-13-17-19-25-36-48(34-23-15-11-7-3)45-57-51(55)40-29-21-27-32-47(44-53(42-43-54)50-38-31-39-50)33-28-22-30-41-52(56)58-46-49(35-24-16-12-8-4)37-26-20-18-14-10-6-2/h47-50,54H,5-46H2,1-4H3. The van der Waals surface area contributed by atoms with Crippen molar-refractivity contribution in [3.63, 3.8) is 0 Å². The van der Waals surface area contributed by atoms with Crippen molar-refractivity contribution < 1.29 is 24.2 Å². The quantitative estimate of drug-likeness (QED) is 0.0487. The molecule has 0 saturated heterocycles. The second-order valence-corrected chi connectivity index (χ2v) is 18.8. The minimum absolute atomic E-state index is 0.00372. The van der Waals surface area contributed by atoms with E-state index >= 15 is 0 Å². The van der Waals surface area contributed by atoms with Gasteiger partial charge in [-0.3, -0.25) is 14.5 Å². The van der Waals surface area contributed by atoms with Crippen LogP contribution in [0.5, 0.6) is 0 Å². The van der Waals surface area contributed by atoms with E-state index in [0.29, 0.717) is 49.9 Å². The Morgan fingerprint density at radius 3 is 1.16 bits per heavy atom. The Bertz CT molecular complexity index is 835. The van der Waals surface area contributed by atoms with Crippen molar-refractivity contribution in [2.75, 3.05) is 32.9 Å². The van der Waals surface area contributed by atoms with Gasteiger partial charge in [0.2, 0.25) is 0 Å². The molecule has 1 rings (SSSR count). The summed E-state index contributed by atoms with van der Waals surface area (Å²) in [5, 5.41) is 9.83. The minimum atomic E-state index is -0.00372. The van der Waals surface area contributed by atoms with Crippen molar-refractivity contribution in [2.24, 2.45) is 17.8 Å². The first kappa shape index (κ1) is 54.9. The number of aliphatic hydroxyl groups excluding tert-OH is 1. The Morgan fingerprint density at radius 2 is 0.810 bits per heavy atom. The number of unbranched alkanes of at least 4 members (excludes halogenated alkanes) is 20. The van der Waals surface area contributed by atoms with Crippen LogP contribution in [0.3, 0.4) is 0 Å². The lowest BCUT2D eigenvalue weighted by Gasteiger charge is -2.39. The number of aliphatic hydroxyl groups is 1. The van der Waals surface area contributed by atoms with Crippen LogP contribution in [0.2, 0.25) is 0 Å². The molecule has 1 aliphatic carbocycles. The monoisotopic (exact) mass is 820 g/mol. The molecule has 0 aromatic rings. The van der Waals surface area contributed by atoms with Crippen LogP contribution in [0.4, 0.5) is 0 Å². The van der Waals surface area contributed by atoms with Crippen LogP contribution in [0.15, 0.2) is 0 Å². The molecule has 0 spiro atoms. The molecule has 0 aliphatic heterocycles. The number of nitrogens with zero attached hydrogens (tertiary/aromatic N) is 1.